The maximum absolute atomic E-state index is 4.06. The van der Waals surface area contributed by atoms with E-state index in [4.69, 9.17) is 0 Å². The van der Waals surface area contributed by atoms with Crippen molar-refractivity contribution in [3.8, 4) is 0 Å². The van der Waals surface area contributed by atoms with Crippen LogP contribution in [0.4, 0.5) is 0 Å². The third-order valence-corrected chi connectivity index (χ3v) is 2.29. The lowest BCUT2D eigenvalue weighted by molar-refractivity contribution is 0.347. The SMILES string of the molecule is C=C(N(C)CSC)C(C)(C)C. The van der Waals surface area contributed by atoms with Crippen LogP contribution >= 0.6 is 11.8 Å². The number of hydrogen-bond acceptors (Lipinski definition) is 2. The zero-order chi connectivity index (χ0) is 9.07. The van der Waals surface area contributed by atoms with Crippen LogP contribution in [0.3, 0.4) is 0 Å². The smallest absolute Gasteiger partial charge is 0.0630 e. The lowest BCUT2D eigenvalue weighted by Crippen LogP contribution is -2.25. The van der Waals surface area contributed by atoms with E-state index < -0.39 is 0 Å². The van der Waals surface area contributed by atoms with Crippen LogP contribution in [-0.2, 0) is 0 Å². The van der Waals surface area contributed by atoms with Crippen molar-refractivity contribution < 1.29 is 0 Å². The van der Waals surface area contributed by atoms with Gasteiger partial charge < -0.3 is 4.90 Å². The summed E-state index contributed by atoms with van der Waals surface area (Å²) in [6.45, 7) is 10.6. The normalized spacial score (nSPS) is 11.4. The fourth-order valence-electron chi connectivity index (χ4n) is 0.844. The Hall–Kier alpha value is -0.110. The average molecular weight is 173 g/mol. The molecule has 0 fully saturated rings. The van der Waals surface area contributed by atoms with E-state index in [1.807, 2.05) is 11.8 Å². The minimum Gasteiger partial charge on any atom is -0.369 e. The zero-order valence-electron chi connectivity index (χ0n) is 8.27. The molecule has 0 aromatic heterocycles. The highest BCUT2D eigenvalue weighted by Gasteiger charge is 2.17. The van der Waals surface area contributed by atoms with Crippen LogP contribution in [0.25, 0.3) is 0 Å². The molecule has 0 rings (SSSR count). The molecule has 0 saturated carbocycles. The van der Waals surface area contributed by atoms with Crippen molar-refractivity contribution in [2.45, 2.75) is 20.8 Å². The summed E-state index contributed by atoms with van der Waals surface area (Å²) in [5, 5.41) is 0. The van der Waals surface area contributed by atoms with Gasteiger partial charge in [0, 0.05) is 18.2 Å². The first-order valence-corrected chi connectivity index (χ1v) is 5.18. The van der Waals surface area contributed by atoms with E-state index in [-0.39, 0.29) is 5.41 Å². The van der Waals surface area contributed by atoms with Gasteiger partial charge in [0.25, 0.3) is 0 Å². The average Bonchev–Trinajstić information content (AvgIpc) is 1.85. The third-order valence-electron chi connectivity index (χ3n) is 1.65. The first-order valence-electron chi connectivity index (χ1n) is 3.79. The summed E-state index contributed by atoms with van der Waals surface area (Å²) in [6.07, 6.45) is 2.10. The van der Waals surface area contributed by atoms with Crippen molar-refractivity contribution in [1.82, 2.24) is 4.90 Å². The van der Waals surface area contributed by atoms with Crippen LogP contribution in [0.2, 0.25) is 0 Å². The monoisotopic (exact) mass is 173 g/mol. The van der Waals surface area contributed by atoms with Crippen molar-refractivity contribution in [3.63, 3.8) is 0 Å². The molecule has 66 valence electrons. The van der Waals surface area contributed by atoms with Gasteiger partial charge in [-0.2, -0.15) is 0 Å². The molecule has 0 heterocycles. The molecule has 0 aliphatic heterocycles. The fraction of sp³-hybridized carbons (Fsp3) is 0.778. The Kier molecular flexibility index (Phi) is 4.01. The van der Waals surface area contributed by atoms with Crippen LogP contribution in [0, 0.1) is 5.41 Å². The fourth-order valence-corrected chi connectivity index (χ4v) is 1.39. The molecule has 0 atom stereocenters. The van der Waals surface area contributed by atoms with Gasteiger partial charge in [0.15, 0.2) is 0 Å². The Labute approximate surface area is 74.9 Å². The van der Waals surface area contributed by atoms with E-state index >= 15 is 0 Å². The second-order valence-electron chi connectivity index (χ2n) is 3.81. The standard InChI is InChI=1S/C9H19NS/c1-8(9(2,3)4)10(5)7-11-6/h1,7H2,2-6H3. The van der Waals surface area contributed by atoms with Gasteiger partial charge in [0.05, 0.1) is 5.88 Å². The second kappa shape index (κ2) is 4.05. The molecule has 0 radical (unpaired) electrons. The Morgan fingerprint density at radius 1 is 1.45 bits per heavy atom. The van der Waals surface area contributed by atoms with Crippen molar-refractivity contribution >= 4 is 11.8 Å². The van der Waals surface area contributed by atoms with Gasteiger partial charge in [0.2, 0.25) is 0 Å². The van der Waals surface area contributed by atoms with Crippen LogP contribution in [0.15, 0.2) is 12.3 Å². The van der Waals surface area contributed by atoms with Crippen LogP contribution < -0.4 is 0 Å². The Morgan fingerprint density at radius 3 is 2.18 bits per heavy atom. The minimum absolute atomic E-state index is 0.199. The summed E-state index contributed by atoms with van der Waals surface area (Å²) in [5.74, 6) is 1.02. The molecule has 0 aliphatic rings. The molecule has 1 nitrogen and oxygen atoms in total. The third kappa shape index (κ3) is 3.71. The lowest BCUT2D eigenvalue weighted by atomic mass is 9.92. The summed E-state index contributed by atoms with van der Waals surface area (Å²) >= 11 is 1.82. The van der Waals surface area contributed by atoms with E-state index in [2.05, 4.69) is 45.6 Å². The summed E-state index contributed by atoms with van der Waals surface area (Å²) in [6, 6.07) is 0. The Morgan fingerprint density at radius 2 is 1.91 bits per heavy atom. The number of nitrogens with zero attached hydrogens (tertiary/aromatic N) is 1. The highest BCUT2D eigenvalue weighted by molar-refractivity contribution is 7.98. The summed E-state index contributed by atoms with van der Waals surface area (Å²) in [4.78, 5) is 2.20. The number of thioether (sulfide) groups is 1. The van der Waals surface area contributed by atoms with Gasteiger partial charge in [-0.25, -0.2) is 0 Å². The highest BCUT2D eigenvalue weighted by Crippen LogP contribution is 2.26. The maximum atomic E-state index is 4.06. The predicted octanol–water partition coefficient (Wildman–Crippen LogP) is 2.80. The molecular weight excluding hydrogens is 154 g/mol. The summed E-state index contributed by atoms with van der Waals surface area (Å²) in [5.41, 5.74) is 1.40. The van der Waals surface area contributed by atoms with Gasteiger partial charge in [-0.15, -0.1) is 11.8 Å². The topological polar surface area (TPSA) is 3.24 Å². The van der Waals surface area contributed by atoms with Crippen LogP contribution in [-0.4, -0.2) is 24.1 Å². The predicted molar refractivity (Wildman–Crippen MR) is 54.7 cm³/mol. The molecule has 0 saturated heterocycles. The molecule has 0 aliphatic carbocycles. The number of hydrogen-bond donors (Lipinski definition) is 0. The van der Waals surface area contributed by atoms with Gasteiger partial charge in [-0.1, -0.05) is 27.4 Å². The second-order valence-corrected chi connectivity index (χ2v) is 4.65. The van der Waals surface area contributed by atoms with Gasteiger partial charge in [-0.3, -0.25) is 0 Å². The molecule has 2 heteroatoms. The van der Waals surface area contributed by atoms with E-state index in [9.17, 15) is 0 Å². The summed E-state index contributed by atoms with van der Waals surface area (Å²) in [7, 11) is 2.09. The quantitative estimate of drug-likeness (QED) is 0.604. The van der Waals surface area contributed by atoms with Gasteiger partial charge >= 0.3 is 0 Å². The summed E-state index contributed by atoms with van der Waals surface area (Å²) < 4.78 is 0. The first-order chi connectivity index (χ1) is 4.89. The van der Waals surface area contributed by atoms with Crippen LogP contribution in [0.5, 0.6) is 0 Å². The van der Waals surface area contributed by atoms with Crippen molar-refractivity contribution in [1.29, 1.82) is 0 Å². The van der Waals surface area contributed by atoms with E-state index in [0.717, 1.165) is 5.88 Å². The molecule has 0 amide bonds. The van der Waals surface area contributed by atoms with Gasteiger partial charge in [-0.05, 0) is 6.26 Å². The Balaban J connectivity index is 4.03. The number of allylic oxidation sites excluding steroid dienone is 1. The molecular formula is C9H19NS. The molecule has 0 unspecified atom stereocenters. The molecule has 0 aromatic carbocycles. The minimum atomic E-state index is 0.199. The molecule has 0 bridgehead atoms. The van der Waals surface area contributed by atoms with E-state index in [1.165, 1.54) is 5.70 Å². The van der Waals surface area contributed by atoms with E-state index in [0.29, 0.717) is 0 Å². The van der Waals surface area contributed by atoms with Crippen molar-refractivity contribution in [3.05, 3.63) is 12.3 Å². The Bertz CT molecular complexity index is 135. The highest BCUT2D eigenvalue weighted by atomic mass is 32.2. The molecule has 11 heavy (non-hydrogen) atoms. The largest absolute Gasteiger partial charge is 0.369 e. The molecule has 0 N–H and O–H groups in total. The van der Waals surface area contributed by atoms with Crippen LogP contribution in [0.1, 0.15) is 20.8 Å². The lowest BCUT2D eigenvalue weighted by Gasteiger charge is -2.30. The molecule has 0 spiro atoms. The zero-order valence-corrected chi connectivity index (χ0v) is 9.09. The molecule has 0 aromatic rings. The van der Waals surface area contributed by atoms with Crippen molar-refractivity contribution in [2.24, 2.45) is 5.41 Å². The van der Waals surface area contributed by atoms with Gasteiger partial charge in [0.1, 0.15) is 0 Å². The van der Waals surface area contributed by atoms with Crippen molar-refractivity contribution in [2.75, 3.05) is 19.2 Å². The maximum Gasteiger partial charge on any atom is 0.0630 e. The van der Waals surface area contributed by atoms with E-state index in [1.54, 1.807) is 0 Å². The first kappa shape index (κ1) is 10.9. The number of rotatable bonds is 3.